The lowest BCUT2D eigenvalue weighted by Crippen LogP contribution is -2.38. The molecular formula is C33H38N4O2. The lowest BCUT2D eigenvalue weighted by atomic mass is 10.0. The molecule has 39 heavy (non-hydrogen) atoms. The van der Waals surface area contributed by atoms with Crippen molar-refractivity contribution in [1.29, 1.82) is 0 Å². The average Bonchev–Trinajstić information content (AvgIpc) is 3.27. The Morgan fingerprint density at radius 2 is 1.56 bits per heavy atom. The Bertz CT molecular complexity index is 1410. The molecule has 1 aromatic heterocycles. The lowest BCUT2D eigenvalue weighted by molar-refractivity contribution is -0.116. The van der Waals surface area contributed by atoms with Crippen molar-refractivity contribution in [1.82, 2.24) is 14.7 Å². The van der Waals surface area contributed by atoms with Gasteiger partial charge in [0, 0.05) is 17.7 Å². The Labute approximate surface area is 231 Å². The van der Waals surface area contributed by atoms with Crippen LogP contribution in [0.25, 0.3) is 16.8 Å². The zero-order valence-corrected chi connectivity index (χ0v) is 23.4. The Morgan fingerprint density at radius 3 is 2.23 bits per heavy atom. The molecule has 0 atom stereocenters. The summed E-state index contributed by atoms with van der Waals surface area (Å²) >= 11 is 0. The predicted octanol–water partition coefficient (Wildman–Crippen LogP) is 6.99. The summed E-state index contributed by atoms with van der Waals surface area (Å²) < 4.78 is 1.79. The van der Waals surface area contributed by atoms with Gasteiger partial charge in [-0.05, 0) is 68.5 Å². The number of benzene rings is 3. The van der Waals surface area contributed by atoms with Crippen LogP contribution >= 0.6 is 0 Å². The van der Waals surface area contributed by atoms with E-state index in [1.807, 2.05) is 99.6 Å². The fraction of sp³-hybridized carbons (Fsp3) is 0.303. The first-order chi connectivity index (χ1) is 18.9. The lowest BCUT2D eigenvalue weighted by Gasteiger charge is -2.21. The zero-order valence-electron chi connectivity index (χ0n) is 23.4. The minimum absolute atomic E-state index is 0.0557. The minimum atomic E-state index is -0.270. The van der Waals surface area contributed by atoms with Gasteiger partial charge in [0.2, 0.25) is 5.91 Å². The van der Waals surface area contributed by atoms with Crippen molar-refractivity contribution in [3.63, 3.8) is 0 Å². The van der Waals surface area contributed by atoms with Gasteiger partial charge >= 0.3 is 0 Å². The van der Waals surface area contributed by atoms with Crippen LogP contribution in [-0.2, 0) is 11.2 Å². The molecule has 6 heteroatoms. The highest BCUT2D eigenvalue weighted by Gasteiger charge is 2.23. The van der Waals surface area contributed by atoms with Gasteiger partial charge in [-0.15, -0.1) is 0 Å². The monoisotopic (exact) mass is 522 g/mol. The van der Waals surface area contributed by atoms with Crippen LogP contribution in [0.1, 0.15) is 60.3 Å². The van der Waals surface area contributed by atoms with Gasteiger partial charge in [0.1, 0.15) is 12.4 Å². The fourth-order valence-corrected chi connectivity index (χ4v) is 4.82. The third-order valence-electron chi connectivity index (χ3n) is 7.00. The van der Waals surface area contributed by atoms with E-state index in [0.29, 0.717) is 17.9 Å². The van der Waals surface area contributed by atoms with Crippen molar-refractivity contribution in [2.24, 2.45) is 0 Å². The number of carbonyl (C=O) groups excluding carboxylic acids is 2. The van der Waals surface area contributed by atoms with E-state index in [2.05, 4.69) is 12.2 Å². The summed E-state index contributed by atoms with van der Waals surface area (Å²) in [7, 11) is 0. The summed E-state index contributed by atoms with van der Waals surface area (Å²) in [4.78, 5) is 28.3. The second-order valence-electron chi connectivity index (χ2n) is 9.89. The molecule has 0 spiro atoms. The number of nitrogens with zero attached hydrogens (tertiary/aromatic N) is 3. The molecule has 2 amide bonds. The van der Waals surface area contributed by atoms with E-state index in [1.165, 1.54) is 18.4 Å². The summed E-state index contributed by atoms with van der Waals surface area (Å²) in [6.45, 7) is 8.41. The van der Waals surface area contributed by atoms with Gasteiger partial charge < -0.3 is 10.2 Å². The van der Waals surface area contributed by atoms with E-state index in [9.17, 15) is 9.59 Å². The summed E-state index contributed by atoms with van der Waals surface area (Å²) in [5.41, 5.74) is 6.39. The van der Waals surface area contributed by atoms with Crippen LogP contribution in [0.3, 0.4) is 0 Å². The van der Waals surface area contributed by atoms with E-state index in [0.717, 1.165) is 40.9 Å². The number of likely N-dealkylation sites (N-methyl/N-ethyl adjacent to an activating group) is 1. The molecule has 0 aliphatic heterocycles. The maximum atomic E-state index is 13.4. The average molecular weight is 523 g/mol. The number of amides is 2. The number of aromatic nitrogens is 2. The molecule has 0 saturated carbocycles. The highest BCUT2D eigenvalue weighted by atomic mass is 16.2. The van der Waals surface area contributed by atoms with Gasteiger partial charge in [-0.3, -0.25) is 9.59 Å². The Hall–Kier alpha value is -4.19. The molecule has 0 bridgehead atoms. The minimum Gasteiger partial charge on any atom is -0.330 e. The van der Waals surface area contributed by atoms with Crippen molar-refractivity contribution in [2.75, 3.05) is 18.4 Å². The van der Waals surface area contributed by atoms with Crippen molar-refractivity contribution in [3.05, 3.63) is 101 Å². The second kappa shape index (κ2) is 13.1. The molecule has 4 rings (SSSR count). The molecule has 0 saturated heterocycles. The third-order valence-corrected chi connectivity index (χ3v) is 7.00. The molecule has 0 aliphatic carbocycles. The molecule has 0 fully saturated rings. The molecule has 4 aromatic rings. The molecule has 202 valence electrons. The van der Waals surface area contributed by atoms with Crippen LogP contribution in [0.4, 0.5) is 5.82 Å². The van der Waals surface area contributed by atoms with Crippen LogP contribution in [0.5, 0.6) is 0 Å². The molecule has 6 nitrogen and oxygen atoms in total. The van der Waals surface area contributed by atoms with Gasteiger partial charge in [-0.25, -0.2) is 4.68 Å². The summed E-state index contributed by atoms with van der Waals surface area (Å²) in [6.07, 6.45) is 4.55. The number of hydrogen-bond donors (Lipinski definition) is 1. The van der Waals surface area contributed by atoms with Crippen LogP contribution in [0.2, 0.25) is 0 Å². The second-order valence-corrected chi connectivity index (χ2v) is 9.89. The Kier molecular flexibility index (Phi) is 9.31. The quantitative estimate of drug-likeness (QED) is 0.216. The topological polar surface area (TPSA) is 67.2 Å². The molecule has 0 unspecified atom stereocenters. The van der Waals surface area contributed by atoms with Crippen LogP contribution < -0.4 is 5.32 Å². The summed E-state index contributed by atoms with van der Waals surface area (Å²) in [5, 5.41) is 7.91. The maximum Gasteiger partial charge on any atom is 0.254 e. The number of rotatable bonds is 11. The first-order valence-electron chi connectivity index (χ1n) is 13.8. The molecular weight excluding hydrogens is 484 g/mol. The van der Waals surface area contributed by atoms with Crippen molar-refractivity contribution < 1.29 is 9.59 Å². The van der Waals surface area contributed by atoms with E-state index in [4.69, 9.17) is 5.10 Å². The smallest absolute Gasteiger partial charge is 0.254 e. The van der Waals surface area contributed by atoms with Crippen molar-refractivity contribution in [2.45, 2.75) is 53.4 Å². The first kappa shape index (κ1) is 27.8. The van der Waals surface area contributed by atoms with E-state index in [-0.39, 0.29) is 18.4 Å². The van der Waals surface area contributed by atoms with Gasteiger partial charge in [0.05, 0.1) is 11.4 Å². The first-order valence-corrected chi connectivity index (χ1v) is 13.8. The molecule has 1 heterocycles. The van der Waals surface area contributed by atoms with Gasteiger partial charge in [-0.2, -0.15) is 5.10 Å². The van der Waals surface area contributed by atoms with Crippen molar-refractivity contribution >= 4 is 17.6 Å². The van der Waals surface area contributed by atoms with Crippen LogP contribution in [-0.4, -0.2) is 39.6 Å². The highest BCUT2D eigenvalue weighted by Crippen LogP contribution is 2.34. The van der Waals surface area contributed by atoms with E-state index in [1.54, 1.807) is 9.58 Å². The van der Waals surface area contributed by atoms with Gasteiger partial charge in [0.15, 0.2) is 0 Å². The standard InChI is InChI=1S/C33H38N4O2/c1-5-7-9-15-26-19-21-28(22-20-26)33(39)36(6-2)23-30(38)34-32-31(27-16-10-8-11-17-27)25(4)35-37(32)29-18-13-12-14-24(29)3/h8,10-14,16-22H,5-7,9,15,23H2,1-4H3,(H,34,38). The SMILES string of the molecule is CCCCCc1ccc(C(=O)N(CC)CC(=O)Nc2c(-c3ccccc3)c(C)nn2-c2ccccc2C)cc1. The van der Waals surface area contributed by atoms with Crippen molar-refractivity contribution in [3.8, 4) is 16.8 Å². The number of carbonyl (C=O) groups is 2. The van der Waals surface area contributed by atoms with E-state index < -0.39 is 0 Å². The predicted molar refractivity (Wildman–Crippen MR) is 158 cm³/mol. The fourth-order valence-electron chi connectivity index (χ4n) is 4.82. The third kappa shape index (κ3) is 6.63. The van der Waals surface area contributed by atoms with Crippen LogP contribution in [0, 0.1) is 13.8 Å². The number of unbranched alkanes of at least 4 members (excludes halogenated alkanes) is 2. The number of hydrogen-bond acceptors (Lipinski definition) is 3. The van der Waals surface area contributed by atoms with Gasteiger partial charge in [-0.1, -0.05) is 80.4 Å². The molecule has 0 aliphatic rings. The largest absolute Gasteiger partial charge is 0.330 e. The zero-order chi connectivity index (χ0) is 27.8. The summed E-state index contributed by atoms with van der Waals surface area (Å²) in [5.74, 6) is 0.172. The number of anilines is 1. The molecule has 1 N–H and O–H groups in total. The van der Waals surface area contributed by atoms with Gasteiger partial charge in [0.25, 0.3) is 5.91 Å². The number of aryl methyl sites for hydroxylation is 3. The molecule has 3 aromatic carbocycles. The maximum absolute atomic E-state index is 13.4. The highest BCUT2D eigenvalue weighted by molar-refractivity contribution is 6.01. The molecule has 0 radical (unpaired) electrons. The number of para-hydroxylation sites is 1. The normalized spacial score (nSPS) is 10.9. The Morgan fingerprint density at radius 1 is 0.872 bits per heavy atom. The summed E-state index contributed by atoms with van der Waals surface area (Å²) in [6, 6.07) is 25.6. The number of nitrogens with one attached hydrogen (secondary N) is 1. The Balaban J connectivity index is 1.57. The van der Waals surface area contributed by atoms with E-state index >= 15 is 0 Å². The van der Waals surface area contributed by atoms with Crippen LogP contribution in [0.15, 0.2) is 78.9 Å².